The van der Waals surface area contributed by atoms with E-state index in [-0.39, 0.29) is 18.3 Å². The van der Waals surface area contributed by atoms with Crippen molar-refractivity contribution in [1.29, 1.82) is 0 Å². The van der Waals surface area contributed by atoms with Crippen LogP contribution in [0.2, 0.25) is 0 Å². The number of carbonyl (C=O) groups is 1. The molecular formula is C14H27ClN2O. The molecule has 18 heavy (non-hydrogen) atoms. The zero-order valence-electron chi connectivity index (χ0n) is 11.4. The lowest BCUT2D eigenvalue weighted by Crippen LogP contribution is -2.28. The number of carbonyl (C=O) groups excluding carboxylic acids is 1. The van der Waals surface area contributed by atoms with Crippen LogP contribution in [0.25, 0.3) is 0 Å². The van der Waals surface area contributed by atoms with Crippen LogP contribution in [0.1, 0.15) is 51.4 Å². The van der Waals surface area contributed by atoms with Gasteiger partial charge in [-0.1, -0.05) is 32.1 Å². The van der Waals surface area contributed by atoms with Gasteiger partial charge in [-0.05, 0) is 38.3 Å². The SMILES string of the molecule is CNCCCC(=O)NC1CC1C1CCCCC1.Cl. The van der Waals surface area contributed by atoms with E-state index in [0.29, 0.717) is 12.5 Å². The van der Waals surface area contributed by atoms with Crippen LogP contribution in [-0.4, -0.2) is 25.5 Å². The smallest absolute Gasteiger partial charge is 0.220 e. The molecule has 2 unspecified atom stereocenters. The van der Waals surface area contributed by atoms with Crippen LogP contribution in [0.4, 0.5) is 0 Å². The first-order chi connectivity index (χ1) is 8.31. The van der Waals surface area contributed by atoms with Crippen molar-refractivity contribution in [1.82, 2.24) is 10.6 Å². The summed E-state index contributed by atoms with van der Waals surface area (Å²) in [5, 5.41) is 6.27. The number of nitrogens with one attached hydrogen (secondary N) is 2. The Hall–Kier alpha value is -0.280. The van der Waals surface area contributed by atoms with Gasteiger partial charge < -0.3 is 10.6 Å². The highest BCUT2D eigenvalue weighted by atomic mass is 35.5. The second-order valence-electron chi connectivity index (χ2n) is 5.68. The Kier molecular flexibility index (Phi) is 7.02. The van der Waals surface area contributed by atoms with Gasteiger partial charge in [0, 0.05) is 12.5 Å². The zero-order valence-corrected chi connectivity index (χ0v) is 12.2. The van der Waals surface area contributed by atoms with Gasteiger partial charge in [0.05, 0.1) is 0 Å². The van der Waals surface area contributed by atoms with Crippen LogP contribution >= 0.6 is 12.4 Å². The van der Waals surface area contributed by atoms with Crippen molar-refractivity contribution in [2.75, 3.05) is 13.6 Å². The molecule has 2 saturated carbocycles. The van der Waals surface area contributed by atoms with Gasteiger partial charge in [-0.25, -0.2) is 0 Å². The molecule has 0 bridgehead atoms. The predicted octanol–water partition coefficient (Wildman–Crippen LogP) is 2.49. The molecular weight excluding hydrogens is 248 g/mol. The van der Waals surface area contributed by atoms with Crippen molar-refractivity contribution in [3.05, 3.63) is 0 Å². The topological polar surface area (TPSA) is 41.1 Å². The number of rotatable bonds is 6. The Balaban J connectivity index is 0.00000162. The quantitative estimate of drug-likeness (QED) is 0.731. The highest BCUT2D eigenvalue weighted by Crippen LogP contribution is 2.44. The molecule has 2 aliphatic carbocycles. The minimum absolute atomic E-state index is 0. The van der Waals surface area contributed by atoms with Crippen LogP contribution in [-0.2, 0) is 4.79 Å². The molecule has 0 saturated heterocycles. The van der Waals surface area contributed by atoms with Gasteiger partial charge in [-0.15, -0.1) is 12.4 Å². The third-order valence-electron chi connectivity index (χ3n) is 4.27. The summed E-state index contributed by atoms with van der Waals surface area (Å²) in [6.07, 6.45) is 9.90. The lowest BCUT2D eigenvalue weighted by atomic mass is 9.85. The highest BCUT2D eigenvalue weighted by molar-refractivity contribution is 5.85. The van der Waals surface area contributed by atoms with E-state index < -0.39 is 0 Å². The van der Waals surface area contributed by atoms with Crippen molar-refractivity contribution in [3.8, 4) is 0 Å². The Morgan fingerprint density at radius 3 is 2.61 bits per heavy atom. The molecule has 106 valence electrons. The number of hydrogen-bond acceptors (Lipinski definition) is 2. The van der Waals surface area contributed by atoms with E-state index >= 15 is 0 Å². The predicted molar refractivity (Wildman–Crippen MR) is 77.0 cm³/mol. The normalized spacial score (nSPS) is 27.4. The molecule has 0 aromatic rings. The summed E-state index contributed by atoms with van der Waals surface area (Å²) in [7, 11) is 1.93. The average molecular weight is 275 g/mol. The number of amides is 1. The maximum Gasteiger partial charge on any atom is 0.220 e. The van der Waals surface area contributed by atoms with Gasteiger partial charge in [-0.3, -0.25) is 4.79 Å². The zero-order chi connectivity index (χ0) is 12.1. The molecule has 2 rings (SSSR count). The van der Waals surface area contributed by atoms with Crippen molar-refractivity contribution in [2.24, 2.45) is 11.8 Å². The lowest BCUT2D eigenvalue weighted by Gasteiger charge is -2.21. The molecule has 2 fully saturated rings. The summed E-state index contributed by atoms with van der Waals surface area (Å²) in [6.45, 7) is 0.935. The van der Waals surface area contributed by atoms with E-state index in [1.165, 1.54) is 38.5 Å². The molecule has 2 N–H and O–H groups in total. The summed E-state index contributed by atoms with van der Waals surface area (Å²) in [5.41, 5.74) is 0. The maximum atomic E-state index is 11.7. The largest absolute Gasteiger partial charge is 0.353 e. The Morgan fingerprint density at radius 2 is 1.94 bits per heavy atom. The van der Waals surface area contributed by atoms with Crippen LogP contribution in [0.15, 0.2) is 0 Å². The van der Waals surface area contributed by atoms with E-state index in [2.05, 4.69) is 10.6 Å². The Labute approximate surface area is 117 Å². The molecule has 2 atom stereocenters. The van der Waals surface area contributed by atoms with Crippen LogP contribution < -0.4 is 10.6 Å². The second-order valence-corrected chi connectivity index (χ2v) is 5.68. The van der Waals surface area contributed by atoms with E-state index in [0.717, 1.165) is 24.8 Å². The van der Waals surface area contributed by atoms with Crippen molar-refractivity contribution >= 4 is 18.3 Å². The molecule has 1 amide bonds. The minimum Gasteiger partial charge on any atom is -0.353 e. The van der Waals surface area contributed by atoms with Gasteiger partial charge >= 0.3 is 0 Å². The molecule has 0 spiro atoms. The van der Waals surface area contributed by atoms with Crippen molar-refractivity contribution in [2.45, 2.75) is 57.4 Å². The fourth-order valence-electron chi connectivity index (χ4n) is 3.17. The van der Waals surface area contributed by atoms with Crippen molar-refractivity contribution < 1.29 is 4.79 Å². The van der Waals surface area contributed by atoms with Gasteiger partial charge in [0.15, 0.2) is 0 Å². The minimum atomic E-state index is 0. The molecule has 0 aliphatic heterocycles. The standard InChI is InChI=1S/C14H26N2O.ClH/c1-15-9-5-8-14(17)16-13-10-12(13)11-6-3-2-4-7-11;/h11-13,15H,2-10H2,1H3,(H,16,17);1H. The van der Waals surface area contributed by atoms with E-state index in [9.17, 15) is 4.79 Å². The third-order valence-corrected chi connectivity index (χ3v) is 4.27. The first kappa shape index (κ1) is 15.8. The fraction of sp³-hybridized carbons (Fsp3) is 0.929. The lowest BCUT2D eigenvalue weighted by molar-refractivity contribution is -0.121. The molecule has 0 heterocycles. The second kappa shape index (κ2) is 8.00. The van der Waals surface area contributed by atoms with Crippen molar-refractivity contribution in [3.63, 3.8) is 0 Å². The number of hydrogen-bond donors (Lipinski definition) is 2. The van der Waals surface area contributed by atoms with Gasteiger partial charge in [-0.2, -0.15) is 0 Å². The van der Waals surface area contributed by atoms with Crippen LogP contribution in [0, 0.1) is 11.8 Å². The molecule has 0 aromatic carbocycles. The monoisotopic (exact) mass is 274 g/mol. The Morgan fingerprint density at radius 1 is 1.22 bits per heavy atom. The van der Waals surface area contributed by atoms with E-state index in [4.69, 9.17) is 0 Å². The highest BCUT2D eigenvalue weighted by Gasteiger charge is 2.43. The van der Waals surface area contributed by atoms with Gasteiger partial charge in [0.1, 0.15) is 0 Å². The molecule has 2 aliphatic rings. The molecule has 0 aromatic heterocycles. The fourth-order valence-corrected chi connectivity index (χ4v) is 3.17. The summed E-state index contributed by atoms with van der Waals surface area (Å²) < 4.78 is 0. The molecule has 4 heteroatoms. The first-order valence-corrected chi connectivity index (χ1v) is 7.25. The first-order valence-electron chi connectivity index (χ1n) is 7.25. The summed E-state index contributed by atoms with van der Waals surface area (Å²) in [6, 6.07) is 0.514. The maximum absolute atomic E-state index is 11.7. The van der Waals surface area contributed by atoms with E-state index in [1.54, 1.807) is 0 Å². The van der Waals surface area contributed by atoms with Crippen LogP contribution in [0.5, 0.6) is 0 Å². The molecule has 3 nitrogen and oxygen atoms in total. The Bertz CT molecular complexity index is 254. The van der Waals surface area contributed by atoms with Crippen LogP contribution in [0.3, 0.4) is 0 Å². The summed E-state index contributed by atoms with van der Waals surface area (Å²) in [4.78, 5) is 11.7. The average Bonchev–Trinajstić information content (AvgIpc) is 3.10. The number of halogens is 1. The summed E-state index contributed by atoms with van der Waals surface area (Å²) in [5.74, 6) is 1.97. The van der Waals surface area contributed by atoms with E-state index in [1.807, 2.05) is 7.05 Å². The van der Waals surface area contributed by atoms with Gasteiger partial charge in [0.2, 0.25) is 5.91 Å². The van der Waals surface area contributed by atoms with Gasteiger partial charge in [0.25, 0.3) is 0 Å². The third kappa shape index (κ3) is 4.77. The molecule has 0 radical (unpaired) electrons. The summed E-state index contributed by atoms with van der Waals surface area (Å²) >= 11 is 0.